The van der Waals surface area contributed by atoms with Crippen molar-refractivity contribution in [2.75, 3.05) is 44.8 Å². The lowest BCUT2D eigenvalue weighted by molar-refractivity contribution is 0.279. The number of rotatable bonds is 9. The van der Waals surface area contributed by atoms with E-state index < -0.39 is 0 Å². The summed E-state index contributed by atoms with van der Waals surface area (Å²) < 4.78 is 5.89. The SMILES string of the molecule is C=CC.CNCCCO.Cc1cccc(OCCCC2CCN(c3ccc(C(C)(C)C)cn3)CC2)c1. The van der Waals surface area contributed by atoms with E-state index in [2.05, 4.69) is 74.8 Å². The maximum atomic E-state index is 8.16. The number of nitrogens with one attached hydrogen (secondary N) is 1. The van der Waals surface area contributed by atoms with Crippen molar-refractivity contribution in [1.82, 2.24) is 10.3 Å². The van der Waals surface area contributed by atoms with Gasteiger partial charge in [0.25, 0.3) is 0 Å². The molecule has 1 aliphatic rings. The van der Waals surface area contributed by atoms with Crippen LogP contribution in [0.3, 0.4) is 0 Å². The molecule has 5 nitrogen and oxygen atoms in total. The average Bonchev–Trinajstić information content (AvgIpc) is 2.86. The number of hydrogen-bond donors (Lipinski definition) is 2. The second kappa shape index (κ2) is 18.0. The normalized spacial score (nSPS) is 13.7. The van der Waals surface area contributed by atoms with Crippen LogP contribution in [-0.4, -0.2) is 50.0 Å². The summed E-state index contributed by atoms with van der Waals surface area (Å²) in [6.45, 7) is 18.3. The minimum Gasteiger partial charge on any atom is -0.494 e. The molecule has 1 aliphatic heterocycles. The molecule has 0 atom stereocenters. The molecule has 0 unspecified atom stereocenters. The predicted octanol–water partition coefficient (Wildman–Crippen LogP) is 6.54. The zero-order chi connectivity index (χ0) is 26.8. The smallest absolute Gasteiger partial charge is 0.128 e. The summed E-state index contributed by atoms with van der Waals surface area (Å²) in [6.07, 6.45) is 9.56. The number of hydrogen-bond acceptors (Lipinski definition) is 5. The molecule has 0 bridgehead atoms. The number of ether oxygens (including phenoxy) is 1. The number of benzene rings is 1. The van der Waals surface area contributed by atoms with Crippen LogP contribution in [-0.2, 0) is 5.41 Å². The minimum absolute atomic E-state index is 0.166. The lowest BCUT2D eigenvalue weighted by atomic mass is 9.88. The van der Waals surface area contributed by atoms with E-state index in [4.69, 9.17) is 14.8 Å². The lowest BCUT2D eigenvalue weighted by Crippen LogP contribution is -2.34. The van der Waals surface area contributed by atoms with E-state index in [0.29, 0.717) is 6.61 Å². The van der Waals surface area contributed by atoms with E-state index in [1.54, 1.807) is 6.08 Å². The van der Waals surface area contributed by atoms with Gasteiger partial charge in [-0.3, -0.25) is 0 Å². The van der Waals surface area contributed by atoms with Crippen molar-refractivity contribution in [3.8, 4) is 5.75 Å². The van der Waals surface area contributed by atoms with Crippen LogP contribution in [0.2, 0.25) is 0 Å². The van der Waals surface area contributed by atoms with Crippen molar-refractivity contribution in [3.05, 3.63) is 66.4 Å². The van der Waals surface area contributed by atoms with Crippen molar-refractivity contribution in [1.29, 1.82) is 0 Å². The third kappa shape index (κ3) is 13.1. The van der Waals surface area contributed by atoms with E-state index in [1.165, 1.54) is 30.4 Å². The van der Waals surface area contributed by atoms with Gasteiger partial charge in [-0.15, -0.1) is 6.58 Å². The third-order valence-electron chi connectivity index (χ3n) is 6.15. The zero-order valence-electron chi connectivity index (χ0n) is 23.7. The number of anilines is 1. The van der Waals surface area contributed by atoms with E-state index in [0.717, 1.165) is 56.6 Å². The number of allylic oxidation sites excluding steroid dienone is 1. The number of pyridine rings is 1. The van der Waals surface area contributed by atoms with Crippen LogP contribution in [0, 0.1) is 12.8 Å². The Morgan fingerprint density at radius 1 is 1.17 bits per heavy atom. The van der Waals surface area contributed by atoms with Gasteiger partial charge in [-0.2, -0.15) is 0 Å². The summed E-state index contributed by atoms with van der Waals surface area (Å²) >= 11 is 0. The number of aliphatic hydroxyl groups is 1. The first-order valence-corrected chi connectivity index (χ1v) is 13.5. The van der Waals surface area contributed by atoms with Crippen molar-refractivity contribution in [3.63, 3.8) is 0 Å². The molecule has 1 aromatic carbocycles. The fourth-order valence-electron chi connectivity index (χ4n) is 3.99. The molecule has 0 aliphatic carbocycles. The van der Waals surface area contributed by atoms with Gasteiger partial charge in [0.15, 0.2) is 0 Å². The Morgan fingerprint density at radius 3 is 2.36 bits per heavy atom. The van der Waals surface area contributed by atoms with Gasteiger partial charge in [-0.25, -0.2) is 4.98 Å². The first-order valence-electron chi connectivity index (χ1n) is 13.5. The van der Waals surface area contributed by atoms with Crippen LogP contribution in [0.4, 0.5) is 5.82 Å². The molecular formula is C31H51N3O2. The molecule has 3 rings (SSSR count). The van der Waals surface area contributed by atoms with E-state index in [9.17, 15) is 0 Å². The topological polar surface area (TPSA) is 57.6 Å². The predicted molar refractivity (Wildman–Crippen MR) is 155 cm³/mol. The first-order chi connectivity index (χ1) is 17.2. The number of aryl methyl sites for hydroxylation is 1. The molecule has 0 saturated carbocycles. The van der Waals surface area contributed by atoms with Crippen molar-refractivity contribution >= 4 is 5.82 Å². The van der Waals surface area contributed by atoms with Crippen LogP contribution >= 0.6 is 0 Å². The molecular weight excluding hydrogens is 446 g/mol. The molecule has 2 aromatic rings. The fraction of sp³-hybridized carbons (Fsp3) is 0.581. The molecule has 36 heavy (non-hydrogen) atoms. The Hall–Kier alpha value is -2.37. The molecule has 0 amide bonds. The second-order valence-corrected chi connectivity index (χ2v) is 10.5. The Kier molecular flexibility index (Phi) is 15.8. The lowest BCUT2D eigenvalue weighted by Gasteiger charge is -2.33. The molecule has 0 radical (unpaired) electrons. The summed E-state index contributed by atoms with van der Waals surface area (Å²) in [5.41, 5.74) is 2.72. The highest BCUT2D eigenvalue weighted by molar-refractivity contribution is 5.40. The first kappa shape index (κ1) is 31.7. The van der Waals surface area contributed by atoms with Crippen molar-refractivity contribution in [2.24, 2.45) is 5.92 Å². The van der Waals surface area contributed by atoms with Crippen LogP contribution < -0.4 is 15.0 Å². The maximum Gasteiger partial charge on any atom is 0.128 e. The molecule has 202 valence electrons. The number of aliphatic hydroxyl groups excluding tert-OH is 1. The quantitative estimate of drug-likeness (QED) is 0.304. The van der Waals surface area contributed by atoms with Crippen molar-refractivity contribution in [2.45, 2.75) is 72.1 Å². The molecule has 5 heteroatoms. The molecule has 2 heterocycles. The van der Waals surface area contributed by atoms with Gasteiger partial charge in [-0.1, -0.05) is 45.0 Å². The number of piperidine rings is 1. The summed E-state index contributed by atoms with van der Waals surface area (Å²) in [7, 11) is 1.87. The third-order valence-corrected chi connectivity index (χ3v) is 6.15. The standard InChI is InChI=1S/C24H34N2O.C4H11NO.C3H6/c1-19-7-5-9-22(17-19)27-16-6-8-20-12-14-26(15-13-20)23-11-10-21(18-25-23)24(2,3)4;1-5-3-2-4-6;1-3-2/h5,7,9-11,17-18,20H,6,8,12-16H2,1-4H3;5-6H,2-4H2,1H3;3H,1H2,2H3. The summed E-state index contributed by atoms with van der Waals surface area (Å²) in [5.74, 6) is 2.94. The highest BCUT2D eigenvalue weighted by Crippen LogP contribution is 2.27. The van der Waals surface area contributed by atoms with Crippen LogP contribution in [0.25, 0.3) is 0 Å². The average molecular weight is 498 g/mol. The van der Waals surface area contributed by atoms with E-state index >= 15 is 0 Å². The zero-order valence-corrected chi connectivity index (χ0v) is 23.7. The minimum atomic E-state index is 0.166. The summed E-state index contributed by atoms with van der Waals surface area (Å²) in [6, 6.07) is 12.7. The monoisotopic (exact) mass is 497 g/mol. The number of nitrogens with zero attached hydrogens (tertiary/aromatic N) is 2. The van der Waals surface area contributed by atoms with Crippen molar-refractivity contribution < 1.29 is 9.84 Å². The van der Waals surface area contributed by atoms with Crippen LogP contribution in [0.1, 0.15) is 70.9 Å². The van der Waals surface area contributed by atoms with E-state index in [-0.39, 0.29) is 5.41 Å². The van der Waals surface area contributed by atoms with Gasteiger partial charge in [0.2, 0.25) is 0 Å². The van der Waals surface area contributed by atoms with Crippen LogP contribution in [0.15, 0.2) is 55.3 Å². The summed E-state index contributed by atoms with van der Waals surface area (Å²) in [4.78, 5) is 7.15. The van der Waals surface area contributed by atoms with Gasteiger partial charge < -0.3 is 20.1 Å². The fourth-order valence-corrected chi connectivity index (χ4v) is 3.99. The summed E-state index contributed by atoms with van der Waals surface area (Å²) in [5, 5.41) is 11.1. The number of aromatic nitrogens is 1. The largest absolute Gasteiger partial charge is 0.494 e. The Labute approximate surface area is 221 Å². The Morgan fingerprint density at radius 2 is 1.86 bits per heavy atom. The highest BCUT2D eigenvalue weighted by atomic mass is 16.5. The maximum absolute atomic E-state index is 8.16. The molecule has 1 saturated heterocycles. The van der Waals surface area contributed by atoms with Gasteiger partial charge in [0.05, 0.1) is 6.61 Å². The molecule has 2 N–H and O–H groups in total. The molecule has 1 fully saturated rings. The van der Waals surface area contributed by atoms with Crippen LogP contribution in [0.5, 0.6) is 5.75 Å². The second-order valence-electron chi connectivity index (χ2n) is 10.5. The highest BCUT2D eigenvalue weighted by Gasteiger charge is 2.21. The van der Waals surface area contributed by atoms with Gasteiger partial charge in [0, 0.05) is 25.9 Å². The van der Waals surface area contributed by atoms with Gasteiger partial charge >= 0.3 is 0 Å². The van der Waals surface area contributed by atoms with Gasteiger partial charge in [-0.05, 0) is 100 Å². The molecule has 0 spiro atoms. The Balaban J connectivity index is 0.000000621. The Bertz CT molecular complexity index is 818. The van der Waals surface area contributed by atoms with Gasteiger partial charge in [0.1, 0.15) is 11.6 Å². The molecule has 1 aromatic heterocycles. The van der Waals surface area contributed by atoms with E-state index in [1.807, 2.05) is 26.2 Å².